The van der Waals surface area contributed by atoms with Gasteiger partial charge in [0, 0.05) is 20.3 Å². The Kier molecular flexibility index (Phi) is 1.96. The second kappa shape index (κ2) is 3.14. The Balaban J connectivity index is 2.58. The first kappa shape index (κ1) is 8.74. The number of carbonyl (C=O) groups is 1. The zero-order chi connectivity index (χ0) is 10.1. The molecule has 2 aromatic heterocycles. The number of pyridine rings is 1. The standard InChI is InChI=1S/C10H11N3O/c1-12(2)10(14)8-7-11-9-5-3-4-6-13(8)9/h3-7H,1-2H3. The molecule has 0 radical (unpaired) electrons. The van der Waals surface area contributed by atoms with Crippen LogP contribution in [0.5, 0.6) is 0 Å². The molecule has 0 fully saturated rings. The fourth-order valence-electron chi connectivity index (χ4n) is 1.32. The molecule has 4 nitrogen and oxygen atoms in total. The molecule has 2 aromatic rings. The number of hydrogen-bond donors (Lipinski definition) is 0. The van der Waals surface area contributed by atoms with Crippen molar-refractivity contribution in [1.82, 2.24) is 14.3 Å². The Labute approximate surface area is 81.8 Å². The number of hydrogen-bond acceptors (Lipinski definition) is 2. The van der Waals surface area contributed by atoms with Crippen LogP contribution in [0.4, 0.5) is 0 Å². The molecule has 72 valence electrons. The maximum atomic E-state index is 11.7. The van der Waals surface area contributed by atoms with Crippen LogP contribution in [-0.4, -0.2) is 34.3 Å². The normalized spacial score (nSPS) is 10.4. The van der Waals surface area contributed by atoms with Crippen molar-refractivity contribution in [3.63, 3.8) is 0 Å². The van der Waals surface area contributed by atoms with Gasteiger partial charge in [-0.25, -0.2) is 4.98 Å². The molecule has 0 spiro atoms. The fourth-order valence-corrected chi connectivity index (χ4v) is 1.32. The van der Waals surface area contributed by atoms with E-state index in [-0.39, 0.29) is 5.91 Å². The molecule has 0 N–H and O–H groups in total. The van der Waals surface area contributed by atoms with Crippen LogP contribution in [0, 0.1) is 0 Å². The van der Waals surface area contributed by atoms with Crippen molar-refractivity contribution in [2.75, 3.05) is 14.1 Å². The molecule has 1 amide bonds. The molecule has 0 saturated heterocycles. The highest BCUT2D eigenvalue weighted by atomic mass is 16.2. The number of aromatic nitrogens is 2. The van der Waals surface area contributed by atoms with Gasteiger partial charge in [0.05, 0.1) is 6.20 Å². The Morgan fingerprint density at radius 3 is 2.93 bits per heavy atom. The summed E-state index contributed by atoms with van der Waals surface area (Å²) in [6.45, 7) is 0. The first-order chi connectivity index (χ1) is 6.70. The summed E-state index contributed by atoms with van der Waals surface area (Å²) >= 11 is 0. The Morgan fingerprint density at radius 1 is 1.43 bits per heavy atom. The molecule has 0 bridgehead atoms. The highest BCUT2D eigenvalue weighted by molar-refractivity contribution is 5.92. The van der Waals surface area contributed by atoms with Crippen molar-refractivity contribution in [1.29, 1.82) is 0 Å². The summed E-state index contributed by atoms with van der Waals surface area (Å²) in [5, 5.41) is 0. The maximum Gasteiger partial charge on any atom is 0.271 e. The smallest absolute Gasteiger partial charge is 0.271 e. The summed E-state index contributed by atoms with van der Waals surface area (Å²) in [6.07, 6.45) is 3.43. The number of carbonyl (C=O) groups excluding carboxylic acids is 1. The van der Waals surface area contributed by atoms with Crippen LogP contribution in [-0.2, 0) is 0 Å². The van der Waals surface area contributed by atoms with E-state index in [1.54, 1.807) is 24.7 Å². The molecule has 4 heteroatoms. The molecule has 0 aliphatic rings. The minimum Gasteiger partial charge on any atom is -0.343 e. The minimum atomic E-state index is -0.0382. The quantitative estimate of drug-likeness (QED) is 0.672. The monoisotopic (exact) mass is 189 g/mol. The summed E-state index contributed by atoms with van der Waals surface area (Å²) in [4.78, 5) is 17.4. The Morgan fingerprint density at radius 2 is 2.21 bits per heavy atom. The van der Waals surface area contributed by atoms with E-state index in [4.69, 9.17) is 0 Å². The van der Waals surface area contributed by atoms with E-state index in [1.165, 1.54) is 4.90 Å². The van der Waals surface area contributed by atoms with Gasteiger partial charge in [-0.2, -0.15) is 0 Å². The third-order valence-electron chi connectivity index (χ3n) is 2.04. The van der Waals surface area contributed by atoms with Crippen molar-refractivity contribution < 1.29 is 4.79 Å². The first-order valence-corrected chi connectivity index (χ1v) is 4.34. The van der Waals surface area contributed by atoms with Crippen LogP contribution in [0.1, 0.15) is 10.5 Å². The molecule has 0 atom stereocenters. The van der Waals surface area contributed by atoms with E-state index < -0.39 is 0 Å². The number of fused-ring (bicyclic) bond motifs is 1. The Bertz CT molecular complexity index is 473. The Hall–Kier alpha value is -1.84. The van der Waals surface area contributed by atoms with Crippen molar-refractivity contribution in [3.05, 3.63) is 36.3 Å². The zero-order valence-electron chi connectivity index (χ0n) is 8.14. The predicted molar refractivity (Wildman–Crippen MR) is 53.2 cm³/mol. The van der Waals surface area contributed by atoms with Gasteiger partial charge in [-0.15, -0.1) is 0 Å². The average Bonchev–Trinajstić information content (AvgIpc) is 2.60. The molecule has 14 heavy (non-hydrogen) atoms. The van der Waals surface area contributed by atoms with Crippen LogP contribution >= 0.6 is 0 Å². The molecule has 2 heterocycles. The third kappa shape index (κ3) is 1.25. The SMILES string of the molecule is CN(C)C(=O)c1cnc2ccccn12. The summed E-state index contributed by atoms with van der Waals surface area (Å²) in [5.74, 6) is -0.0382. The lowest BCUT2D eigenvalue weighted by Gasteiger charge is -2.08. The molecule has 0 aromatic carbocycles. The minimum absolute atomic E-state index is 0.0382. The van der Waals surface area contributed by atoms with Gasteiger partial charge in [0.1, 0.15) is 11.3 Å². The van der Waals surface area contributed by atoms with E-state index in [0.717, 1.165) is 5.65 Å². The van der Waals surface area contributed by atoms with E-state index in [0.29, 0.717) is 5.69 Å². The highest BCUT2D eigenvalue weighted by Gasteiger charge is 2.12. The molecule has 0 unspecified atom stereocenters. The fraction of sp³-hybridized carbons (Fsp3) is 0.200. The van der Waals surface area contributed by atoms with Crippen molar-refractivity contribution in [2.45, 2.75) is 0 Å². The van der Waals surface area contributed by atoms with Gasteiger partial charge in [0.15, 0.2) is 0 Å². The van der Waals surface area contributed by atoms with Gasteiger partial charge in [0.25, 0.3) is 5.91 Å². The second-order valence-corrected chi connectivity index (χ2v) is 3.27. The third-order valence-corrected chi connectivity index (χ3v) is 2.04. The molecule has 2 rings (SSSR count). The summed E-state index contributed by atoms with van der Waals surface area (Å²) in [5.41, 5.74) is 1.38. The lowest BCUT2D eigenvalue weighted by atomic mass is 10.4. The van der Waals surface area contributed by atoms with Crippen LogP contribution in [0.2, 0.25) is 0 Å². The van der Waals surface area contributed by atoms with E-state index in [2.05, 4.69) is 4.98 Å². The largest absolute Gasteiger partial charge is 0.343 e. The molecular weight excluding hydrogens is 178 g/mol. The second-order valence-electron chi connectivity index (χ2n) is 3.27. The summed E-state index contributed by atoms with van der Waals surface area (Å²) in [6, 6.07) is 5.64. The predicted octanol–water partition coefficient (Wildman–Crippen LogP) is 1.04. The van der Waals surface area contributed by atoms with E-state index in [9.17, 15) is 4.79 Å². The number of nitrogens with zero attached hydrogens (tertiary/aromatic N) is 3. The van der Waals surface area contributed by atoms with Gasteiger partial charge in [0.2, 0.25) is 0 Å². The first-order valence-electron chi connectivity index (χ1n) is 4.34. The average molecular weight is 189 g/mol. The topological polar surface area (TPSA) is 37.6 Å². The number of imidazole rings is 1. The highest BCUT2D eigenvalue weighted by Crippen LogP contribution is 2.07. The lowest BCUT2D eigenvalue weighted by Crippen LogP contribution is -2.22. The van der Waals surface area contributed by atoms with Gasteiger partial charge in [-0.05, 0) is 12.1 Å². The van der Waals surface area contributed by atoms with Gasteiger partial charge >= 0.3 is 0 Å². The molecule has 0 aliphatic carbocycles. The van der Waals surface area contributed by atoms with Crippen LogP contribution in [0.25, 0.3) is 5.65 Å². The summed E-state index contributed by atoms with van der Waals surface area (Å²) < 4.78 is 1.78. The lowest BCUT2D eigenvalue weighted by molar-refractivity contribution is 0.0821. The maximum absolute atomic E-state index is 11.7. The number of amides is 1. The molecular formula is C10H11N3O. The van der Waals surface area contributed by atoms with Crippen molar-refractivity contribution in [3.8, 4) is 0 Å². The van der Waals surface area contributed by atoms with Crippen LogP contribution in [0.3, 0.4) is 0 Å². The molecule has 0 saturated carbocycles. The van der Waals surface area contributed by atoms with Crippen LogP contribution < -0.4 is 0 Å². The molecule has 0 aliphatic heterocycles. The zero-order valence-corrected chi connectivity index (χ0v) is 8.14. The van der Waals surface area contributed by atoms with Crippen molar-refractivity contribution >= 4 is 11.6 Å². The van der Waals surface area contributed by atoms with Gasteiger partial charge in [-0.1, -0.05) is 6.07 Å². The van der Waals surface area contributed by atoms with Crippen molar-refractivity contribution in [2.24, 2.45) is 0 Å². The van der Waals surface area contributed by atoms with Crippen LogP contribution in [0.15, 0.2) is 30.6 Å². The summed E-state index contributed by atoms with van der Waals surface area (Å²) in [7, 11) is 3.45. The number of rotatable bonds is 1. The van der Waals surface area contributed by atoms with Gasteiger partial charge < -0.3 is 4.90 Å². The van der Waals surface area contributed by atoms with E-state index >= 15 is 0 Å². The van der Waals surface area contributed by atoms with E-state index in [1.807, 2.05) is 24.4 Å². The van der Waals surface area contributed by atoms with Gasteiger partial charge in [-0.3, -0.25) is 9.20 Å².